The Balaban J connectivity index is 1.42. The SMILES string of the molecule is CCCCCCCCCCCOc1ccc(C2NC(=O)c3ccc([N+](=O)[O-])cc3N2)cc1. The van der Waals surface area contributed by atoms with Crippen molar-refractivity contribution < 1.29 is 14.5 Å². The third kappa shape index (κ3) is 6.70. The van der Waals surface area contributed by atoms with E-state index in [1.807, 2.05) is 24.3 Å². The van der Waals surface area contributed by atoms with Crippen LogP contribution in [0, 0.1) is 10.1 Å². The fourth-order valence-electron chi connectivity index (χ4n) is 3.89. The second-order valence-corrected chi connectivity index (χ2v) is 8.28. The first kappa shape index (κ1) is 23.6. The minimum absolute atomic E-state index is 0.0510. The van der Waals surface area contributed by atoms with E-state index < -0.39 is 11.1 Å². The van der Waals surface area contributed by atoms with Crippen molar-refractivity contribution >= 4 is 17.3 Å². The zero-order valence-electron chi connectivity index (χ0n) is 18.8. The lowest BCUT2D eigenvalue weighted by molar-refractivity contribution is -0.384. The van der Waals surface area contributed by atoms with Crippen LogP contribution >= 0.6 is 0 Å². The first-order chi connectivity index (χ1) is 15.6. The number of unbranched alkanes of at least 4 members (excludes halogenated alkanes) is 8. The van der Waals surface area contributed by atoms with Gasteiger partial charge in [0, 0.05) is 12.1 Å². The number of hydrogen-bond donors (Lipinski definition) is 2. The third-order valence-corrected chi connectivity index (χ3v) is 5.76. The minimum Gasteiger partial charge on any atom is -0.494 e. The molecule has 0 spiro atoms. The molecular weight excluding hydrogens is 406 g/mol. The van der Waals surface area contributed by atoms with E-state index in [9.17, 15) is 14.9 Å². The molecule has 1 aliphatic rings. The number of nitro benzene ring substituents is 1. The third-order valence-electron chi connectivity index (χ3n) is 5.76. The molecule has 7 heteroatoms. The molecule has 0 bridgehead atoms. The van der Waals surface area contributed by atoms with Gasteiger partial charge in [0.1, 0.15) is 11.9 Å². The Bertz CT molecular complexity index is 899. The smallest absolute Gasteiger partial charge is 0.271 e. The Hall–Kier alpha value is -3.09. The quantitative estimate of drug-likeness (QED) is 0.215. The lowest BCUT2D eigenvalue weighted by Gasteiger charge is -2.28. The summed E-state index contributed by atoms with van der Waals surface area (Å²) >= 11 is 0. The number of benzene rings is 2. The van der Waals surface area contributed by atoms with Gasteiger partial charge in [-0.3, -0.25) is 14.9 Å². The van der Waals surface area contributed by atoms with Gasteiger partial charge in [0.05, 0.1) is 22.8 Å². The van der Waals surface area contributed by atoms with Crippen LogP contribution in [0.5, 0.6) is 5.75 Å². The standard InChI is InChI=1S/C25H33N3O4/c1-2-3-4-5-6-7-8-9-10-17-32-21-14-11-19(12-15-21)24-26-23-18-20(28(30)31)13-16-22(23)25(29)27-24/h11-16,18,24,26H,2-10,17H2,1H3,(H,27,29). The van der Waals surface area contributed by atoms with E-state index in [0.717, 1.165) is 17.7 Å². The molecule has 1 atom stereocenters. The molecule has 172 valence electrons. The molecule has 3 rings (SSSR count). The van der Waals surface area contributed by atoms with Gasteiger partial charge >= 0.3 is 0 Å². The summed E-state index contributed by atoms with van der Waals surface area (Å²) in [6.45, 7) is 2.94. The maximum Gasteiger partial charge on any atom is 0.271 e. The Labute approximate surface area is 189 Å². The van der Waals surface area contributed by atoms with Gasteiger partial charge < -0.3 is 15.4 Å². The van der Waals surface area contributed by atoms with E-state index in [-0.39, 0.29) is 11.6 Å². The number of nitro groups is 1. The van der Waals surface area contributed by atoms with Crippen molar-refractivity contribution in [2.24, 2.45) is 0 Å². The van der Waals surface area contributed by atoms with Gasteiger partial charge in [0.25, 0.3) is 11.6 Å². The van der Waals surface area contributed by atoms with E-state index in [4.69, 9.17) is 4.74 Å². The molecule has 0 aliphatic carbocycles. The van der Waals surface area contributed by atoms with Crippen molar-refractivity contribution in [1.82, 2.24) is 5.32 Å². The van der Waals surface area contributed by atoms with Crippen LogP contribution in [0.15, 0.2) is 42.5 Å². The van der Waals surface area contributed by atoms with Gasteiger partial charge in [-0.05, 0) is 30.2 Å². The first-order valence-electron chi connectivity index (χ1n) is 11.7. The van der Waals surface area contributed by atoms with E-state index in [2.05, 4.69) is 17.6 Å². The summed E-state index contributed by atoms with van der Waals surface area (Å²) in [5, 5.41) is 17.1. The molecule has 1 amide bonds. The lowest BCUT2D eigenvalue weighted by Crippen LogP contribution is -2.38. The average molecular weight is 440 g/mol. The number of fused-ring (bicyclic) bond motifs is 1. The predicted molar refractivity (Wildman–Crippen MR) is 126 cm³/mol. The molecule has 0 fully saturated rings. The Morgan fingerprint density at radius 1 is 0.906 bits per heavy atom. The summed E-state index contributed by atoms with van der Waals surface area (Å²) in [7, 11) is 0. The number of nitrogens with one attached hydrogen (secondary N) is 2. The molecule has 0 radical (unpaired) electrons. The van der Waals surface area contributed by atoms with Crippen LogP contribution in [-0.2, 0) is 0 Å². The molecule has 1 unspecified atom stereocenters. The Morgan fingerprint density at radius 2 is 1.56 bits per heavy atom. The minimum atomic E-state index is -0.469. The number of carbonyl (C=O) groups is 1. The Kier molecular flexibility index (Phi) is 8.90. The van der Waals surface area contributed by atoms with Crippen LogP contribution in [0.1, 0.15) is 86.8 Å². The van der Waals surface area contributed by atoms with Crippen molar-refractivity contribution in [2.45, 2.75) is 70.9 Å². The molecule has 0 saturated heterocycles. The second kappa shape index (κ2) is 12.1. The zero-order valence-corrected chi connectivity index (χ0v) is 18.8. The highest BCUT2D eigenvalue weighted by Crippen LogP contribution is 2.30. The van der Waals surface area contributed by atoms with Crippen molar-refractivity contribution in [2.75, 3.05) is 11.9 Å². The van der Waals surface area contributed by atoms with E-state index >= 15 is 0 Å². The predicted octanol–water partition coefficient (Wildman–Crippen LogP) is 6.36. The van der Waals surface area contributed by atoms with Gasteiger partial charge in [-0.2, -0.15) is 0 Å². The van der Waals surface area contributed by atoms with Gasteiger partial charge in [0.2, 0.25) is 0 Å². The lowest BCUT2D eigenvalue weighted by atomic mass is 10.0. The molecule has 1 aliphatic heterocycles. The Morgan fingerprint density at radius 3 is 2.22 bits per heavy atom. The van der Waals surface area contributed by atoms with Crippen molar-refractivity contribution in [3.8, 4) is 5.75 Å². The summed E-state index contributed by atoms with van der Waals surface area (Å²) in [6, 6.07) is 11.8. The highest BCUT2D eigenvalue weighted by atomic mass is 16.6. The fourth-order valence-corrected chi connectivity index (χ4v) is 3.89. The van der Waals surface area contributed by atoms with Crippen LogP contribution in [-0.4, -0.2) is 17.4 Å². The molecule has 2 N–H and O–H groups in total. The van der Waals surface area contributed by atoms with Crippen molar-refractivity contribution in [3.05, 3.63) is 63.7 Å². The highest BCUT2D eigenvalue weighted by molar-refractivity contribution is 6.02. The number of carbonyl (C=O) groups excluding carboxylic acids is 1. The normalized spacial score (nSPS) is 14.9. The van der Waals surface area contributed by atoms with E-state index in [1.54, 1.807) is 0 Å². The summed E-state index contributed by atoms with van der Waals surface area (Å²) in [5.74, 6) is 0.538. The summed E-state index contributed by atoms with van der Waals surface area (Å²) in [6.07, 6.45) is 11.1. The molecule has 1 heterocycles. The van der Waals surface area contributed by atoms with Crippen molar-refractivity contribution in [1.29, 1.82) is 0 Å². The molecule has 2 aromatic rings. The van der Waals surface area contributed by atoms with Crippen molar-refractivity contribution in [3.63, 3.8) is 0 Å². The number of amides is 1. The van der Waals surface area contributed by atoms with Crippen LogP contribution < -0.4 is 15.4 Å². The number of rotatable bonds is 13. The highest BCUT2D eigenvalue weighted by Gasteiger charge is 2.26. The summed E-state index contributed by atoms with van der Waals surface area (Å²) in [4.78, 5) is 22.9. The molecule has 0 aromatic heterocycles. The number of nitrogens with zero attached hydrogens (tertiary/aromatic N) is 1. The first-order valence-corrected chi connectivity index (χ1v) is 11.7. The zero-order chi connectivity index (χ0) is 22.8. The maximum absolute atomic E-state index is 12.4. The number of ether oxygens (including phenoxy) is 1. The maximum atomic E-state index is 12.4. The molecule has 0 saturated carbocycles. The van der Waals surface area contributed by atoms with E-state index in [1.165, 1.54) is 69.6 Å². The second-order valence-electron chi connectivity index (χ2n) is 8.28. The molecule has 2 aromatic carbocycles. The molecular formula is C25H33N3O4. The monoisotopic (exact) mass is 439 g/mol. The summed E-state index contributed by atoms with van der Waals surface area (Å²) < 4.78 is 5.84. The number of anilines is 1. The van der Waals surface area contributed by atoms with Crippen LogP contribution in [0.25, 0.3) is 0 Å². The largest absolute Gasteiger partial charge is 0.494 e. The number of non-ortho nitro benzene ring substituents is 1. The van der Waals surface area contributed by atoms with E-state index in [0.29, 0.717) is 17.9 Å². The van der Waals surface area contributed by atoms with Gasteiger partial charge in [0.15, 0.2) is 0 Å². The van der Waals surface area contributed by atoms with Gasteiger partial charge in [-0.25, -0.2) is 0 Å². The van der Waals surface area contributed by atoms with Crippen LogP contribution in [0.3, 0.4) is 0 Å². The number of hydrogen-bond acceptors (Lipinski definition) is 5. The fraction of sp³-hybridized carbons (Fsp3) is 0.480. The summed E-state index contributed by atoms with van der Waals surface area (Å²) in [5.41, 5.74) is 1.65. The van der Waals surface area contributed by atoms with Crippen LogP contribution in [0.2, 0.25) is 0 Å². The average Bonchev–Trinajstić information content (AvgIpc) is 2.80. The van der Waals surface area contributed by atoms with Crippen LogP contribution in [0.4, 0.5) is 11.4 Å². The topological polar surface area (TPSA) is 93.5 Å². The molecule has 32 heavy (non-hydrogen) atoms. The molecule has 7 nitrogen and oxygen atoms in total. The van der Waals surface area contributed by atoms with Gasteiger partial charge in [-0.15, -0.1) is 0 Å². The van der Waals surface area contributed by atoms with Gasteiger partial charge in [-0.1, -0.05) is 70.4 Å².